The van der Waals surface area contributed by atoms with E-state index in [1.54, 1.807) is 0 Å². The molecule has 3 aliphatic rings. The molecule has 7 rings (SSSR count). The molecule has 190 valence electrons. The minimum Gasteiger partial charge on any atom is -0.493 e. The smallest absolute Gasteiger partial charge is 0.181 e. The molecule has 0 saturated carbocycles. The number of rotatable bonds is 3. The highest BCUT2D eigenvalue weighted by molar-refractivity contribution is 5.93. The predicted molar refractivity (Wildman–Crippen MR) is 146 cm³/mol. The standard InChI is InChI=1S/C31H34N4O2/c1-31(36)12-15-37-28-18-23(8-11-27(28)31)29-26-17-24(19-32-30(26)34-33-29)22-5-4-20-6-9-25(10-7-21(20)16-22)35-13-2-3-14-35/h4-5,8,11,16-19,25,36H,2-3,6-7,9-10,12-15H2,1H3,(H,32,33,34)/t25-,31?/m0/s1. The number of benzene rings is 2. The Bertz CT molecular complexity index is 1470. The highest BCUT2D eigenvalue weighted by atomic mass is 16.5. The fourth-order valence-corrected chi connectivity index (χ4v) is 6.56. The minimum atomic E-state index is -0.864. The summed E-state index contributed by atoms with van der Waals surface area (Å²) in [6.07, 6.45) is 10.1. The van der Waals surface area contributed by atoms with Gasteiger partial charge >= 0.3 is 0 Å². The molecule has 2 aromatic carbocycles. The van der Waals surface area contributed by atoms with Crippen molar-refractivity contribution in [3.8, 4) is 28.1 Å². The van der Waals surface area contributed by atoms with E-state index in [-0.39, 0.29) is 0 Å². The third-order valence-corrected chi connectivity index (χ3v) is 8.80. The first-order chi connectivity index (χ1) is 18.0. The van der Waals surface area contributed by atoms with Crippen molar-refractivity contribution >= 4 is 11.0 Å². The fourth-order valence-electron chi connectivity index (χ4n) is 6.56. The van der Waals surface area contributed by atoms with Gasteiger partial charge in [-0.05, 0) is 87.4 Å². The number of nitrogens with zero attached hydrogens (tertiary/aromatic N) is 3. The lowest BCUT2D eigenvalue weighted by Gasteiger charge is -2.31. The van der Waals surface area contributed by atoms with E-state index in [9.17, 15) is 5.11 Å². The Labute approximate surface area is 217 Å². The minimum absolute atomic E-state index is 0.510. The number of H-pyrrole nitrogens is 1. The van der Waals surface area contributed by atoms with Crippen LogP contribution in [0.3, 0.4) is 0 Å². The first-order valence-corrected chi connectivity index (χ1v) is 13.8. The van der Waals surface area contributed by atoms with E-state index in [1.165, 1.54) is 61.9 Å². The zero-order valence-electron chi connectivity index (χ0n) is 21.5. The van der Waals surface area contributed by atoms with Gasteiger partial charge in [0.1, 0.15) is 5.75 Å². The molecule has 1 saturated heterocycles. The Kier molecular flexibility index (Phi) is 5.56. The number of aromatic amines is 1. The molecule has 0 bridgehead atoms. The van der Waals surface area contributed by atoms with Crippen molar-refractivity contribution in [1.29, 1.82) is 0 Å². The summed E-state index contributed by atoms with van der Waals surface area (Å²) in [5.41, 5.74) is 7.89. The molecule has 2 N–H and O–H groups in total. The van der Waals surface area contributed by atoms with Crippen LogP contribution < -0.4 is 4.74 Å². The van der Waals surface area contributed by atoms with Crippen LogP contribution in [0.2, 0.25) is 0 Å². The summed E-state index contributed by atoms with van der Waals surface area (Å²) in [6.45, 7) is 4.92. The van der Waals surface area contributed by atoms with Crippen LogP contribution in [0.5, 0.6) is 5.75 Å². The molecule has 0 radical (unpaired) electrons. The number of pyridine rings is 1. The highest BCUT2D eigenvalue weighted by Crippen LogP contribution is 2.40. The lowest BCUT2D eigenvalue weighted by Crippen LogP contribution is -2.32. The summed E-state index contributed by atoms with van der Waals surface area (Å²) in [6, 6.07) is 15.9. The van der Waals surface area contributed by atoms with Gasteiger partial charge in [-0.1, -0.05) is 30.3 Å². The van der Waals surface area contributed by atoms with Gasteiger partial charge < -0.3 is 14.7 Å². The van der Waals surface area contributed by atoms with Crippen LogP contribution in [-0.4, -0.2) is 50.9 Å². The van der Waals surface area contributed by atoms with Gasteiger partial charge in [0.05, 0.1) is 17.9 Å². The van der Waals surface area contributed by atoms with E-state index in [0.29, 0.717) is 18.7 Å². The number of hydrogen-bond donors (Lipinski definition) is 2. The van der Waals surface area contributed by atoms with Crippen LogP contribution in [-0.2, 0) is 18.4 Å². The third kappa shape index (κ3) is 4.12. The number of nitrogens with one attached hydrogen (secondary N) is 1. The van der Waals surface area contributed by atoms with Crippen LogP contribution in [0.15, 0.2) is 48.7 Å². The molecule has 0 amide bonds. The molecular formula is C31H34N4O2. The molecule has 1 unspecified atom stereocenters. The number of ether oxygens (including phenoxy) is 1. The number of aliphatic hydroxyl groups is 1. The molecule has 37 heavy (non-hydrogen) atoms. The Morgan fingerprint density at radius 3 is 2.65 bits per heavy atom. The van der Waals surface area contributed by atoms with Gasteiger partial charge in [0, 0.05) is 40.7 Å². The van der Waals surface area contributed by atoms with E-state index in [2.05, 4.69) is 44.3 Å². The number of aromatic nitrogens is 3. The number of hydrogen-bond acceptors (Lipinski definition) is 5. The second-order valence-corrected chi connectivity index (χ2v) is 11.2. The molecule has 0 spiro atoms. The topological polar surface area (TPSA) is 74.3 Å². The SMILES string of the molecule is CC1(O)CCOc2cc(-c3[nH]nc4ncc(-c5ccc6c(c5)CC[C@@H](N5CCCC5)CC6)cc34)ccc21. The molecule has 2 atom stereocenters. The molecular weight excluding hydrogens is 460 g/mol. The maximum absolute atomic E-state index is 10.7. The average Bonchev–Trinajstić information content (AvgIpc) is 3.54. The monoisotopic (exact) mass is 494 g/mol. The number of likely N-dealkylation sites (tertiary alicyclic amines) is 1. The summed E-state index contributed by atoms with van der Waals surface area (Å²) < 4.78 is 5.89. The Morgan fingerprint density at radius 2 is 1.78 bits per heavy atom. The summed E-state index contributed by atoms with van der Waals surface area (Å²) in [5.74, 6) is 0.735. The van der Waals surface area contributed by atoms with Crippen molar-refractivity contribution in [3.05, 3.63) is 65.4 Å². The average molecular weight is 495 g/mol. The quantitative estimate of drug-likeness (QED) is 0.361. The van der Waals surface area contributed by atoms with Gasteiger partial charge in [0.25, 0.3) is 0 Å². The summed E-state index contributed by atoms with van der Waals surface area (Å²) in [4.78, 5) is 7.41. The van der Waals surface area contributed by atoms with Crippen molar-refractivity contribution in [3.63, 3.8) is 0 Å². The molecule has 6 nitrogen and oxygen atoms in total. The molecule has 2 aromatic heterocycles. The highest BCUT2D eigenvalue weighted by Gasteiger charge is 2.31. The first-order valence-electron chi connectivity index (χ1n) is 13.8. The normalized spacial score (nSPS) is 23.9. The van der Waals surface area contributed by atoms with Crippen molar-refractivity contribution in [2.75, 3.05) is 19.7 Å². The predicted octanol–water partition coefficient (Wildman–Crippen LogP) is 5.63. The molecule has 1 aliphatic carbocycles. The molecule has 2 aliphatic heterocycles. The maximum Gasteiger partial charge on any atom is 0.181 e. The molecule has 6 heteroatoms. The van der Waals surface area contributed by atoms with Crippen molar-refractivity contribution < 1.29 is 9.84 Å². The number of fused-ring (bicyclic) bond motifs is 3. The lowest BCUT2D eigenvalue weighted by atomic mass is 9.89. The van der Waals surface area contributed by atoms with E-state index in [4.69, 9.17) is 4.74 Å². The summed E-state index contributed by atoms with van der Waals surface area (Å²) in [7, 11) is 0. The van der Waals surface area contributed by atoms with Crippen molar-refractivity contribution in [1.82, 2.24) is 20.1 Å². The van der Waals surface area contributed by atoms with Gasteiger partial charge in [-0.2, -0.15) is 5.10 Å². The van der Waals surface area contributed by atoms with E-state index >= 15 is 0 Å². The Hall–Kier alpha value is -3.22. The maximum atomic E-state index is 10.7. The third-order valence-electron chi connectivity index (χ3n) is 8.80. The second kappa shape index (κ2) is 8.96. The van der Waals surface area contributed by atoms with Crippen LogP contribution in [0.25, 0.3) is 33.4 Å². The van der Waals surface area contributed by atoms with Crippen LogP contribution in [0.4, 0.5) is 0 Å². The van der Waals surface area contributed by atoms with E-state index < -0.39 is 5.60 Å². The fraction of sp³-hybridized carbons (Fsp3) is 0.419. The molecule has 1 fully saturated rings. The lowest BCUT2D eigenvalue weighted by molar-refractivity contribution is 0.0147. The summed E-state index contributed by atoms with van der Waals surface area (Å²) >= 11 is 0. The van der Waals surface area contributed by atoms with Gasteiger partial charge in [0.2, 0.25) is 0 Å². The first kappa shape index (κ1) is 22.9. The zero-order chi connectivity index (χ0) is 25.0. The Balaban J connectivity index is 1.20. The molecule has 4 aromatic rings. The van der Waals surface area contributed by atoms with Gasteiger partial charge in [0.15, 0.2) is 5.65 Å². The largest absolute Gasteiger partial charge is 0.493 e. The van der Waals surface area contributed by atoms with Gasteiger partial charge in [-0.25, -0.2) is 4.98 Å². The van der Waals surface area contributed by atoms with Crippen LogP contribution in [0.1, 0.15) is 55.7 Å². The zero-order valence-corrected chi connectivity index (χ0v) is 21.5. The summed E-state index contributed by atoms with van der Waals surface area (Å²) in [5, 5.41) is 19.4. The van der Waals surface area contributed by atoms with Crippen molar-refractivity contribution in [2.45, 2.75) is 63.5 Å². The van der Waals surface area contributed by atoms with Gasteiger partial charge in [-0.15, -0.1) is 0 Å². The van der Waals surface area contributed by atoms with E-state index in [0.717, 1.165) is 46.0 Å². The van der Waals surface area contributed by atoms with Gasteiger partial charge in [-0.3, -0.25) is 5.10 Å². The Morgan fingerprint density at radius 1 is 0.973 bits per heavy atom. The second-order valence-electron chi connectivity index (χ2n) is 11.2. The number of aryl methyl sites for hydroxylation is 2. The van der Waals surface area contributed by atoms with Crippen molar-refractivity contribution in [2.24, 2.45) is 0 Å². The van der Waals surface area contributed by atoms with Crippen LogP contribution >= 0.6 is 0 Å². The molecule has 4 heterocycles. The van der Waals surface area contributed by atoms with Crippen LogP contribution in [0, 0.1) is 0 Å². The van der Waals surface area contributed by atoms with E-state index in [1.807, 2.05) is 31.3 Å².